The molecule has 0 spiro atoms. The smallest absolute Gasteiger partial charge is 0.209 e. The molecule has 24 rings (SSSR count). The number of aryl methyl sites for hydroxylation is 12. The highest BCUT2D eigenvalue weighted by atomic mass is 32.2. The zero-order chi connectivity index (χ0) is 71.7. The van der Waals surface area contributed by atoms with Gasteiger partial charge in [0.05, 0.1) is 0 Å². The van der Waals surface area contributed by atoms with E-state index in [1.54, 1.807) is 77.6 Å². The molecule has 16 aliphatic heterocycles. The summed E-state index contributed by atoms with van der Waals surface area (Å²) in [5.74, 6) is 0. The van der Waals surface area contributed by atoms with Gasteiger partial charge in [-0.05, 0) is 278 Å². The minimum absolute atomic E-state index is 0.601. The average molecular weight is 1430 g/mol. The number of anilines is 4. The Bertz CT molecular complexity index is 3340. The largest absolute Gasteiger partial charge is 0.363 e. The van der Waals surface area contributed by atoms with Crippen molar-refractivity contribution in [3.63, 3.8) is 0 Å². The van der Waals surface area contributed by atoms with Gasteiger partial charge in [-0.3, -0.25) is 19.2 Å². The van der Waals surface area contributed by atoms with Crippen LogP contribution in [0.1, 0.15) is 66.8 Å². The molecular formula is C80H104N8O4P4S2. The van der Waals surface area contributed by atoms with Crippen molar-refractivity contribution < 1.29 is 19.2 Å². The summed E-state index contributed by atoms with van der Waals surface area (Å²) < 4.78 is 0. The van der Waals surface area contributed by atoms with Crippen LogP contribution in [0.4, 0.5) is 22.7 Å². The molecule has 0 atom stereocenters. The van der Waals surface area contributed by atoms with E-state index in [4.69, 9.17) is 0 Å². The Morgan fingerprint density at radius 2 is 0.398 bits per heavy atom. The molecule has 16 heterocycles. The molecule has 8 aromatic carbocycles. The van der Waals surface area contributed by atoms with E-state index in [2.05, 4.69) is 248 Å². The van der Waals surface area contributed by atoms with Crippen LogP contribution in [-0.2, 0) is 19.2 Å². The van der Waals surface area contributed by atoms with Crippen LogP contribution in [0.15, 0.2) is 165 Å². The van der Waals surface area contributed by atoms with Gasteiger partial charge in [0.25, 0.3) is 0 Å². The van der Waals surface area contributed by atoms with E-state index in [1.165, 1.54) is 129 Å². The summed E-state index contributed by atoms with van der Waals surface area (Å²) in [4.78, 5) is 59.8. The van der Waals surface area contributed by atoms with Crippen molar-refractivity contribution in [2.45, 2.75) is 103 Å². The molecule has 520 valence electrons. The van der Waals surface area contributed by atoms with Crippen molar-refractivity contribution in [3.05, 3.63) is 212 Å². The summed E-state index contributed by atoms with van der Waals surface area (Å²) in [5.41, 5.74) is 22.2. The number of amides is 4. The Morgan fingerprint density at radius 3 is 0.520 bits per heavy atom. The molecule has 2 fully saturated rings. The lowest BCUT2D eigenvalue weighted by molar-refractivity contribution is -0.116. The molecule has 0 N–H and O–H groups in total. The summed E-state index contributed by atoms with van der Waals surface area (Å²) in [6.07, 6.45) is 11.1. The SMILES string of the molecule is CN(C)C=O.CN(C)C=O.CN(C)C=O.CN(C)C=O.Cc1cc(C)c(P2CN3CP(c4c(C)cc(C)cc4C)CN(C2)c2ccc(cc2)Sc2ccc(cc2)N2CP(c4c(C)cc(C)cc4C)CN(CP(c4c(C)cc(C)cc4C)C2)c2ccc(cc2)Sc2ccc3cc2)c(C)c1. The summed E-state index contributed by atoms with van der Waals surface area (Å²) in [5, 5.41) is 6.26. The third-order valence-corrected chi connectivity index (χ3v) is 29.5. The predicted octanol–water partition coefficient (Wildman–Crippen LogP) is 16.4. The molecule has 4 amide bonds. The number of hydrogen-bond acceptors (Lipinski definition) is 10. The standard InChI is InChI=1S/C68H76N4P4S2.4C3H7NO/c1-45-29-49(5)65(50(6)30-45)73-37-69-39-74(66-51(7)31-46(2)32-52(66)8)40-70(38-73)58-15-23-62(24-16-58)78-64-27-19-60(20-28-64)72-42-75(67-53(9)33-47(3)34-54(67)10)41-71(43-76(44-72)68-55(11)35-48(4)36-56(68)12)59-17-25-63(26-18-59)77-61-21-13-57(69)14-22-61;4*1-4(2)3-5/h13-36H,37-44H2,1-12H3;4*3H,1-2H3. The molecule has 18 heteroatoms. The van der Waals surface area contributed by atoms with E-state index in [1.807, 2.05) is 23.5 Å². The van der Waals surface area contributed by atoms with E-state index >= 15 is 0 Å². The second kappa shape index (κ2) is 37.1. The first-order valence-corrected chi connectivity index (χ1v) is 41.6. The second-order valence-electron chi connectivity index (χ2n) is 26.9. The molecule has 98 heavy (non-hydrogen) atoms. The second-order valence-corrected chi connectivity index (χ2v) is 37.6. The zero-order valence-electron chi connectivity index (χ0n) is 61.6. The normalized spacial score (nSPS) is 16.4. The fraction of sp³-hybridized carbons (Fsp3) is 0.350. The highest BCUT2D eigenvalue weighted by Crippen LogP contribution is 2.52. The van der Waals surface area contributed by atoms with Crippen LogP contribution in [0.3, 0.4) is 0 Å². The van der Waals surface area contributed by atoms with Crippen molar-refractivity contribution in [2.75, 3.05) is 126 Å². The maximum Gasteiger partial charge on any atom is 0.209 e. The van der Waals surface area contributed by atoms with Gasteiger partial charge < -0.3 is 39.2 Å². The number of carbonyl (C=O) groups is 4. The van der Waals surface area contributed by atoms with Crippen LogP contribution in [-0.4, -0.2) is 152 Å². The molecule has 16 aliphatic rings. The Morgan fingerprint density at radius 1 is 0.265 bits per heavy atom. The third kappa shape index (κ3) is 22.1. The first-order valence-electron chi connectivity index (χ1n) is 33.1. The van der Waals surface area contributed by atoms with Crippen LogP contribution in [0.25, 0.3) is 0 Å². The number of hydrogen-bond donors (Lipinski definition) is 0. The van der Waals surface area contributed by atoms with E-state index in [9.17, 15) is 19.2 Å². The fourth-order valence-corrected chi connectivity index (χ4v) is 26.7. The van der Waals surface area contributed by atoms with Gasteiger partial charge >= 0.3 is 0 Å². The minimum atomic E-state index is -0.601. The van der Waals surface area contributed by atoms with Gasteiger partial charge in [-0.2, -0.15) is 0 Å². The topological polar surface area (TPSA) is 94.2 Å². The summed E-state index contributed by atoms with van der Waals surface area (Å²) >= 11 is 3.78. The summed E-state index contributed by atoms with van der Waals surface area (Å²) in [7, 11) is 11.1. The average Bonchev–Trinajstić information content (AvgIpc) is 0.787. The maximum atomic E-state index is 9.43. The Labute approximate surface area is 600 Å². The Hall–Kier alpha value is -6.74. The lowest BCUT2D eigenvalue weighted by Gasteiger charge is -2.43. The van der Waals surface area contributed by atoms with E-state index < -0.39 is 31.7 Å². The highest BCUT2D eigenvalue weighted by molar-refractivity contribution is 7.99. The predicted molar refractivity (Wildman–Crippen MR) is 431 cm³/mol. The van der Waals surface area contributed by atoms with Crippen molar-refractivity contribution in [1.29, 1.82) is 0 Å². The first kappa shape index (κ1) is 78.6. The number of nitrogens with zero attached hydrogens (tertiary/aromatic N) is 8. The third-order valence-electron chi connectivity index (χ3n) is 16.7. The molecule has 0 radical (unpaired) electrons. The van der Waals surface area contributed by atoms with Crippen LogP contribution < -0.4 is 40.8 Å². The van der Waals surface area contributed by atoms with Gasteiger partial charge in [-0.15, -0.1) is 0 Å². The number of benzene rings is 8. The van der Waals surface area contributed by atoms with Gasteiger partial charge in [-0.25, -0.2) is 0 Å². The number of rotatable bonds is 8. The summed E-state index contributed by atoms with van der Waals surface area (Å²) in [6.45, 7) is 27.9. The van der Waals surface area contributed by atoms with Crippen molar-refractivity contribution in [2.24, 2.45) is 0 Å². The molecule has 0 aliphatic carbocycles. The van der Waals surface area contributed by atoms with Crippen molar-refractivity contribution in [3.8, 4) is 0 Å². The molecule has 12 nitrogen and oxygen atoms in total. The molecule has 0 aromatic heterocycles. The quantitative estimate of drug-likeness (QED) is 0.108. The molecule has 0 unspecified atom stereocenters. The number of carbonyl (C=O) groups excluding carboxylic acids is 4. The van der Waals surface area contributed by atoms with Gasteiger partial charge in [0.1, 0.15) is 0 Å². The molecule has 2 saturated heterocycles. The highest BCUT2D eigenvalue weighted by Gasteiger charge is 2.34. The first-order chi connectivity index (χ1) is 46.6. The lowest BCUT2D eigenvalue weighted by atomic mass is 10.1. The van der Waals surface area contributed by atoms with Crippen LogP contribution in [0.5, 0.6) is 0 Å². The molecule has 8 aromatic rings. The van der Waals surface area contributed by atoms with Crippen LogP contribution in [0.2, 0.25) is 0 Å². The van der Waals surface area contributed by atoms with Gasteiger partial charge in [0.2, 0.25) is 25.6 Å². The Balaban J connectivity index is 0.000000594. The van der Waals surface area contributed by atoms with Crippen LogP contribution >= 0.6 is 55.2 Å². The van der Waals surface area contributed by atoms with E-state index in [-0.39, 0.29) is 0 Å². The van der Waals surface area contributed by atoms with Gasteiger partial charge in [-0.1, -0.05) is 94.3 Å². The lowest BCUT2D eigenvalue weighted by Crippen LogP contribution is -2.39. The maximum absolute atomic E-state index is 9.43. The zero-order valence-corrected chi connectivity index (χ0v) is 66.8. The van der Waals surface area contributed by atoms with Crippen molar-refractivity contribution in [1.82, 2.24) is 19.6 Å². The van der Waals surface area contributed by atoms with Crippen molar-refractivity contribution >= 4 is 125 Å². The van der Waals surface area contributed by atoms with E-state index in [0.717, 1.165) is 75.9 Å². The van der Waals surface area contributed by atoms with E-state index in [0.29, 0.717) is 0 Å². The fourth-order valence-electron chi connectivity index (χ4n) is 13.1. The van der Waals surface area contributed by atoms with Gasteiger partial charge in [0.15, 0.2) is 0 Å². The summed E-state index contributed by atoms with van der Waals surface area (Å²) in [6, 6.07) is 57.9. The minimum Gasteiger partial charge on any atom is -0.363 e. The molecular weight excluding hydrogens is 1320 g/mol. The van der Waals surface area contributed by atoms with Crippen LogP contribution in [0, 0.1) is 83.1 Å². The molecule has 0 saturated carbocycles. The Kier molecular flexibility index (Phi) is 29.7. The van der Waals surface area contributed by atoms with Gasteiger partial charge in [0, 0.05) is 149 Å². The molecule has 12 bridgehead atoms. The monoisotopic (exact) mass is 1430 g/mol.